The van der Waals surface area contributed by atoms with Crippen molar-refractivity contribution in [2.45, 2.75) is 13.5 Å². The number of hydrogen-bond acceptors (Lipinski definition) is 4. The first-order chi connectivity index (χ1) is 12.1. The predicted octanol–water partition coefficient (Wildman–Crippen LogP) is 3.19. The first-order valence-corrected chi connectivity index (χ1v) is 8.33. The summed E-state index contributed by atoms with van der Waals surface area (Å²) in [5, 5.41) is 0. The van der Waals surface area contributed by atoms with E-state index in [1.54, 1.807) is 14.2 Å². The van der Waals surface area contributed by atoms with E-state index >= 15 is 0 Å². The molecule has 0 radical (unpaired) electrons. The molecule has 2 aromatic carbocycles. The van der Waals surface area contributed by atoms with E-state index in [0.717, 1.165) is 11.3 Å². The monoisotopic (exact) mass is 342 g/mol. The summed E-state index contributed by atoms with van der Waals surface area (Å²) in [6.07, 6.45) is 0. The minimum absolute atomic E-state index is 0.0867. The Hall–Kier alpha value is -2.69. The SMILES string of the molecule is CCN(Cc1ccc(OC)c(OC)c1)C(=O)CN(C)c1ccccc1. The molecule has 2 aromatic rings. The highest BCUT2D eigenvalue weighted by atomic mass is 16.5. The molecule has 0 bridgehead atoms. The minimum atomic E-state index is 0.0867. The number of hydrogen-bond donors (Lipinski definition) is 0. The van der Waals surface area contributed by atoms with Gasteiger partial charge >= 0.3 is 0 Å². The summed E-state index contributed by atoms with van der Waals surface area (Å²) in [4.78, 5) is 16.5. The van der Waals surface area contributed by atoms with Crippen molar-refractivity contribution in [1.82, 2.24) is 4.90 Å². The summed E-state index contributed by atoms with van der Waals surface area (Å²) in [5.74, 6) is 1.44. The minimum Gasteiger partial charge on any atom is -0.493 e. The lowest BCUT2D eigenvalue weighted by Gasteiger charge is -2.26. The van der Waals surface area contributed by atoms with E-state index in [1.165, 1.54) is 0 Å². The van der Waals surface area contributed by atoms with Crippen LogP contribution in [0.1, 0.15) is 12.5 Å². The van der Waals surface area contributed by atoms with Crippen molar-refractivity contribution in [3.05, 3.63) is 54.1 Å². The van der Waals surface area contributed by atoms with Crippen molar-refractivity contribution in [3.63, 3.8) is 0 Å². The van der Waals surface area contributed by atoms with Gasteiger partial charge < -0.3 is 19.3 Å². The lowest BCUT2D eigenvalue weighted by molar-refractivity contribution is -0.130. The summed E-state index contributed by atoms with van der Waals surface area (Å²) in [6.45, 7) is 3.51. The fourth-order valence-electron chi connectivity index (χ4n) is 2.65. The third-order valence-electron chi connectivity index (χ3n) is 4.13. The Balaban J connectivity index is 2.05. The van der Waals surface area contributed by atoms with Crippen LogP contribution in [-0.4, -0.2) is 45.2 Å². The smallest absolute Gasteiger partial charge is 0.242 e. The largest absolute Gasteiger partial charge is 0.493 e. The van der Waals surface area contributed by atoms with Crippen molar-refractivity contribution in [2.24, 2.45) is 0 Å². The molecular weight excluding hydrogens is 316 g/mol. The third-order valence-corrected chi connectivity index (χ3v) is 4.13. The topological polar surface area (TPSA) is 42.0 Å². The number of carbonyl (C=O) groups is 1. The van der Waals surface area contributed by atoms with Crippen molar-refractivity contribution in [3.8, 4) is 11.5 Å². The van der Waals surface area contributed by atoms with Gasteiger partial charge in [-0.2, -0.15) is 0 Å². The second kappa shape index (κ2) is 8.97. The number of benzene rings is 2. The van der Waals surface area contributed by atoms with Crippen LogP contribution in [0.25, 0.3) is 0 Å². The van der Waals surface area contributed by atoms with E-state index in [0.29, 0.717) is 31.1 Å². The van der Waals surface area contributed by atoms with Gasteiger partial charge in [-0.15, -0.1) is 0 Å². The molecule has 5 nitrogen and oxygen atoms in total. The van der Waals surface area contributed by atoms with Crippen molar-refractivity contribution in [1.29, 1.82) is 0 Å². The second-order valence-electron chi connectivity index (χ2n) is 5.79. The zero-order valence-corrected chi connectivity index (χ0v) is 15.4. The molecule has 0 aliphatic carbocycles. The maximum absolute atomic E-state index is 12.7. The van der Waals surface area contributed by atoms with E-state index in [4.69, 9.17) is 9.47 Å². The van der Waals surface area contributed by atoms with Crippen molar-refractivity contribution in [2.75, 3.05) is 39.3 Å². The van der Waals surface area contributed by atoms with E-state index < -0.39 is 0 Å². The average molecular weight is 342 g/mol. The Kier molecular flexibility index (Phi) is 6.69. The van der Waals surface area contributed by atoms with E-state index in [9.17, 15) is 4.79 Å². The van der Waals surface area contributed by atoms with Crippen LogP contribution in [0.4, 0.5) is 5.69 Å². The van der Waals surface area contributed by atoms with Gasteiger partial charge in [-0.1, -0.05) is 24.3 Å². The maximum Gasteiger partial charge on any atom is 0.242 e. The summed E-state index contributed by atoms with van der Waals surface area (Å²) < 4.78 is 10.6. The van der Waals surface area contributed by atoms with Crippen LogP contribution in [0.2, 0.25) is 0 Å². The van der Waals surface area contributed by atoms with Crippen LogP contribution >= 0.6 is 0 Å². The molecule has 25 heavy (non-hydrogen) atoms. The molecule has 0 saturated carbocycles. The number of amides is 1. The number of para-hydroxylation sites is 1. The molecule has 0 aliphatic heterocycles. The summed E-state index contributed by atoms with van der Waals surface area (Å²) in [6, 6.07) is 15.6. The number of carbonyl (C=O) groups excluding carboxylic acids is 1. The van der Waals surface area contributed by atoms with Crippen LogP contribution < -0.4 is 14.4 Å². The molecule has 0 N–H and O–H groups in total. The van der Waals surface area contributed by atoms with Crippen LogP contribution in [0.15, 0.2) is 48.5 Å². The van der Waals surface area contributed by atoms with Crippen LogP contribution in [-0.2, 0) is 11.3 Å². The Bertz CT molecular complexity index is 689. The Morgan fingerprint density at radius 1 is 1.00 bits per heavy atom. The molecule has 0 unspecified atom stereocenters. The first kappa shape index (κ1) is 18.6. The number of ether oxygens (including phenoxy) is 2. The molecule has 134 valence electrons. The summed E-state index contributed by atoms with van der Waals surface area (Å²) in [7, 11) is 5.15. The lowest BCUT2D eigenvalue weighted by Crippen LogP contribution is -2.38. The highest BCUT2D eigenvalue weighted by Crippen LogP contribution is 2.28. The highest BCUT2D eigenvalue weighted by molar-refractivity contribution is 5.81. The number of rotatable bonds is 8. The van der Waals surface area contributed by atoms with Gasteiger partial charge in [0.15, 0.2) is 11.5 Å². The second-order valence-corrected chi connectivity index (χ2v) is 5.79. The Morgan fingerprint density at radius 3 is 2.28 bits per heavy atom. The number of methoxy groups -OCH3 is 2. The number of nitrogens with zero attached hydrogens (tertiary/aromatic N) is 2. The quantitative estimate of drug-likeness (QED) is 0.739. The molecule has 2 rings (SSSR count). The molecule has 0 atom stereocenters. The van der Waals surface area contributed by atoms with Crippen LogP contribution in [0, 0.1) is 0 Å². The van der Waals surface area contributed by atoms with Gasteiger partial charge in [0.1, 0.15) is 0 Å². The van der Waals surface area contributed by atoms with E-state index in [-0.39, 0.29) is 5.91 Å². The van der Waals surface area contributed by atoms with Crippen LogP contribution in [0.5, 0.6) is 11.5 Å². The Morgan fingerprint density at radius 2 is 1.68 bits per heavy atom. The van der Waals surface area contributed by atoms with E-state index in [2.05, 4.69) is 0 Å². The highest BCUT2D eigenvalue weighted by Gasteiger charge is 2.16. The fourth-order valence-corrected chi connectivity index (χ4v) is 2.65. The molecular formula is C20H26N2O3. The zero-order valence-electron chi connectivity index (χ0n) is 15.4. The van der Waals surface area contributed by atoms with Crippen molar-refractivity contribution >= 4 is 11.6 Å². The summed E-state index contributed by atoms with van der Waals surface area (Å²) in [5.41, 5.74) is 2.04. The van der Waals surface area contributed by atoms with Gasteiger partial charge in [0.25, 0.3) is 0 Å². The third kappa shape index (κ3) is 4.89. The molecule has 5 heteroatoms. The molecule has 1 amide bonds. The lowest BCUT2D eigenvalue weighted by atomic mass is 10.2. The van der Waals surface area contributed by atoms with Gasteiger partial charge in [-0.05, 0) is 36.8 Å². The number of anilines is 1. The Labute approximate surface area is 149 Å². The van der Waals surface area contributed by atoms with Gasteiger partial charge in [-0.25, -0.2) is 0 Å². The molecule has 0 fully saturated rings. The molecule has 0 heterocycles. The summed E-state index contributed by atoms with van der Waals surface area (Å²) >= 11 is 0. The zero-order chi connectivity index (χ0) is 18.2. The van der Waals surface area contributed by atoms with Gasteiger partial charge in [0.05, 0.1) is 20.8 Å². The standard InChI is InChI=1S/C20H26N2O3/c1-5-22(14-16-11-12-18(24-3)19(13-16)25-4)20(23)15-21(2)17-9-7-6-8-10-17/h6-13H,5,14-15H2,1-4H3. The van der Waals surface area contributed by atoms with E-state index in [1.807, 2.05) is 72.3 Å². The van der Waals surface area contributed by atoms with Gasteiger partial charge in [0, 0.05) is 25.8 Å². The van der Waals surface area contributed by atoms with Crippen molar-refractivity contribution < 1.29 is 14.3 Å². The molecule has 0 aliphatic rings. The predicted molar refractivity (Wildman–Crippen MR) is 100 cm³/mol. The van der Waals surface area contributed by atoms with Gasteiger partial charge in [0.2, 0.25) is 5.91 Å². The molecule has 0 aromatic heterocycles. The van der Waals surface area contributed by atoms with Gasteiger partial charge in [-0.3, -0.25) is 4.79 Å². The normalized spacial score (nSPS) is 10.2. The molecule has 0 saturated heterocycles. The van der Waals surface area contributed by atoms with Crippen LogP contribution in [0.3, 0.4) is 0 Å². The molecule has 0 spiro atoms. The first-order valence-electron chi connectivity index (χ1n) is 8.33. The number of likely N-dealkylation sites (N-methyl/N-ethyl adjacent to an activating group) is 2. The maximum atomic E-state index is 12.7. The fraction of sp³-hybridized carbons (Fsp3) is 0.350. The average Bonchev–Trinajstić information content (AvgIpc) is 2.66.